The van der Waals surface area contributed by atoms with E-state index in [1.807, 2.05) is 6.92 Å². The van der Waals surface area contributed by atoms with Crippen LogP contribution in [0.15, 0.2) is 12.1 Å². The number of esters is 1. The SMILES string of the molecule is COC(=O)c1ccc(Cl)c2c1OC(C)C2. The van der Waals surface area contributed by atoms with Crippen LogP contribution in [0.3, 0.4) is 0 Å². The Morgan fingerprint density at radius 1 is 1.60 bits per heavy atom. The van der Waals surface area contributed by atoms with E-state index in [9.17, 15) is 4.79 Å². The molecule has 0 N–H and O–H groups in total. The van der Waals surface area contributed by atoms with Crippen LogP contribution in [-0.2, 0) is 11.2 Å². The lowest BCUT2D eigenvalue weighted by atomic mass is 10.1. The molecule has 0 amide bonds. The summed E-state index contributed by atoms with van der Waals surface area (Å²) in [7, 11) is 1.35. The van der Waals surface area contributed by atoms with Gasteiger partial charge in [-0.05, 0) is 19.1 Å². The first kappa shape index (κ1) is 10.3. The van der Waals surface area contributed by atoms with Crippen LogP contribution in [0.5, 0.6) is 5.75 Å². The van der Waals surface area contributed by atoms with Crippen LogP contribution in [0.1, 0.15) is 22.8 Å². The summed E-state index contributed by atoms with van der Waals surface area (Å²) >= 11 is 6.02. The van der Waals surface area contributed by atoms with E-state index in [2.05, 4.69) is 4.74 Å². The number of ether oxygens (including phenoxy) is 2. The molecule has 1 aromatic rings. The number of benzene rings is 1. The molecule has 80 valence electrons. The molecule has 0 aromatic heterocycles. The molecule has 15 heavy (non-hydrogen) atoms. The molecular weight excluding hydrogens is 216 g/mol. The van der Waals surface area contributed by atoms with Gasteiger partial charge in [0.15, 0.2) is 0 Å². The van der Waals surface area contributed by atoms with Gasteiger partial charge >= 0.3 is 5.97 Å². The molecule has 1 unspecified atom stereocenters. The molecule has 0 saturated carbocycles. The number of fused-ring (bicyclic) bond motifs is 1. The first-order valence-corrected chi connectivity index (χ1v) is 5.07. The third-order valence-corrected chi connectivity index (χ3v) is 2.77. The van der Waals surface area contributed by atoms with Gasteiger partial charge in [-0.25, -0.2) is 4.79 Å². The Bertz CT molecular complexity index is 415. The van der Waals surface area contributed by atoms with Crippen LogP contribution in [0.2, 0.25) is 5.02 Å². The summed E-state index contributed by atoms with van der Waals surface area (Å²) in [6.45, 7) is 1.94. The van der Waals surface area contributed by atoms with E-state index in [1.165, 1.54) is 7.11 Å². The summed E-state index contributed by atoms with van der Waals surface area (Å²) in [6.07, 6.45) is 0.794. The smallest absolute Gasteiger partial charge is 0.341 e. The van der Waals surface area contributed by atoms with Gasteiger partial charge in [0.25, 0.3) is 0 Å². The van der Waals surface area contributed by atoms with Gasteiger partial charge in [0.1, 0.15) is 17.4 Å². The van der Waals surface area contributed by atoms with Crippen molar-refractivity contribution < 1.29 is 14.3 Å². The van der Waals surface area contributed by atoms with Crippen molar-refractivity contribution in [2.24, 2.45) is 0 Å². The maximum absolute atomic E-state index is 11.4. The van der Waals surface area contributed by atoms with Gasteiger partial charge in [-0.2, -0.15) is 0 Å². The monoisotopic (exact) mass is 226 g/mol. The van der Waals surface area contributed by atoms with Crippen molar-refractivity contribution in [2.75, 3.05) is 7.11 Å². The standard InChI is InChI=1S/C11H11ClO3/c1-6-5-8-9(12)4-3-7(10(8)15-6)11(13)14-2/h3-4,6H,5H2,1-2H3. The van der Waals surface area contributed by atoms with Gasteiger partial charge in [0.2, 0.25) is 0 Å². The molecule has 4 heteroatoms. The van der Waals surface area contributed by atoms with Gasteiger partial charge in [-0.1, -0.05) is 11.6 Å². The third-order valence-electron chi connectivity index (χ3n) is 2.42. The van der Waals surface area contributed by atoms with Crippen molar-refractivity contribution in [2.45, 2.75) is 19.4 Å². The zero-order valence-electron chi connectivity index (χ0n) is 8.54. The van der Waals surface area contributed by atoms with Gasteiger partial charge in [-0.3, -0.25) is 0 Å². The van der Waals surface area contributed by atoms with Crippen LogP contribution in [0.25, 0.3) is 0 Å². The Labute approximate surface area is 92.9 Å². The Morgan fingerprint density at radius 2 is 2.33 bits per heavy atom. The Balaban J connectivity index is 2.52. The molecule has 0 spiro atoms. The van der Waals surface area contributed by atoms with E-state index in [1.54, 1.807) is 12.1 Å². The van der Waals surface area contributed by atoms with Crippen LogP contribution < -0.4 is 4.74 Å². The van der Waals surface area contributed by atoms with Crippen LogP contribution >= 0.6 is 11.6 Å². The summed E-state index contributed by atoms with van der Waals surface area (Å²) < 4.78 is 10.2. The van der Waals surface area contributed by atoms with Crippen LogP contribution in [0.4, 0.5) is 0 Å². The number of carbonyl (C=O) groups excluding carboxylic acids is 1. The zero-order valence-corrected chi connectivity index (χ0v) is 9.30. The second-order valence-electron chi connectivity index (χ2n) is 3.53. The maximum atomic E-state index is 11.4. The van der Waals surface area contributed by atoms with E-state index in [-0.39, 0.29) is 6.10 Å². The molecule has 0 bridgehead atoms. The molecule has 1 heterocycles. The molecular formula is C11H11ClO3. The van der Waals surface area contributed by atoms with Crippen LogP contribution in [-0.4, -0.2) is 19.2 Å². The second-order valence-corrected chi connectivity index (χ2v) is 3.93. The number of carbonyl (C=O) groups is 1. The Hall–Kier alpha value is -1.22. The van der Waals surface area contributed by atoms with Crippen molar-refractivity contribution in [1.82, 2.24) is 0 Å². The molecule has 1 atom stereocenters. The van der Waals surface area contributed by atoms with Gasteiger partial charge < -0.3 is 9.47 Å². The number of rotatable bonds is 1. The molecule has 0 radical (unpaired) electrons. The van der Waals surface area contributed by atoms with Crippen molar-refractivity contribution in [3.8, 4) is 5.75 Å². The summed E-state index contributed by atoms with van der Waals surface area (Å²) in [5.74, 6) is 0.180. The van der Waals surface area contributed by atoms with Crippen molar-refractivity contribution >= 4 is 17.6 Å². The summed E-state index contributed by atoms with van der Waals surface area (Å²) in [4.78, 5) is 11.4. The summed E-state index contributed by atoms with van der Waals surface area (Å²) in [6, 6.07) is 3.33. The van der Waals surface area contributed by atoms with E-state index in [4.69, 9.17) is 16.3 Å². The number of hydrogen-bond acceptors (Lipinski definition) is 3. The molecule has 0 fully saturated rings. The predicted octanol–water partition coefficient (Wildman–Crippen LogP) is 2.45. The van der Waals surface area contributed by atoms with Crippen molar-refractivity contribution in [3.05, 3.63) is 28.3 Å². The lowest BCUT2D eigenvalue weighted by Crippen LogP contribution is -2.08. The predicted molar refractivity (Wildman–Crippen MR) is 56.6 cm³/mol. The fourth-order valence-corrected chi connectivity index (χ4v) is 1.96. The largest absolute Gasteiger partial charge is 0.489 e. The number of methoxy groups -OCH3 is 1. The molecule has 0 aliphatic carbocycles. The average Bonchev–Trinajstić information content (AvgIpc) is 2.60. The van der Waals surface area contributed by atoms with E-state index in [0.29, 0.717) is 16.3 Å². The molecule has 1 aliphatic rings. The Kier molecular flexibility index (Phi) is 2.57. The zero-order chi connectivity index (χ0) is 11.0. The third kappa shape index (κ3) is 1.67. The average molecular weight is 227 g/mol. The first-order chi connectivity index (χ1) is 7.13. The number of hydrogen-bond donors (Lipinski definition) is 0. The highest BCUT2D eigenvalue weighted by atomic mass is 35.5. The second kappa shape index (κ2) is 3.74. The van der Waals surface area contributed by atoms with Gasteiger partial charge in [0.05, 0.1) is 7.11 Å². The molecule has 2 rings (SSSR count). The topological polar surface area (TPSA) is 35.5 Å². The minimum Gasteiger partial charge on any atom is -0.489 e. The molecule has 1 aromatic carbocycles. The van der Waals surface area contributed by atoms with Gasteiger partial charge in [0, 0.05) is 17.0 Å². The van der Waals surface area contributed by atoms with Gasteiger partial charge in [-0.15, -0.1) is 0 Å². The summed E-state index contributed by atoms with van der Waals surface area (Å²) in [5.41, 5.74) is 1.34. The van der Waals surface area contributed by atoms with Crippen molar-refractivity contribution in [1.29, 1.82) is 0 Å². The maximum Gasteiger partial charge on any atom is 0.341 e. The minimum atomic E-state index is -0.392. The van der Waals surface area contributed by atoms with E-state index < -0.39 is 5.97 Å². The highest BCUT2D eigenvalue weighted by Gasteiger charge is 2.27. The van der Waals surface area contributed by atoms with Crippen molar-refractivity contribution in [3.63, 3.8) is 0 Å². The highest BCUT2D eigenvalue weighted by Crippen LogP contribution is 2.37. The van der Waals surface area contributed by atoms with E-state index >= 15 is 0 Å². The fourth-order valence-electron chi connectivity index (χ4n) is 1.73. The minimum absolute atomic E-state index is 0.0586. The normalized spacial score (nSPS) is 18.2. The number of halogens is 1. The van der Waals surface area contributed by atoms with E-state index in [0.717, 1.165) is 12.0 Å². The van der Waals surface area contributed by atoms with Crippen LogP contribution in [0, 0.1) is 0 Å². The molecule has 1 aliphatic heterocycles. The first-order valence-electron chi connectivity index (χ1n) is 4.70. The summed E-state index contributed by atoms with van der Waals surface area (Å²) in [5, 5.41) is 0.641. The molecule has 0 saturated heterocycles. The molecule has 3 nitrogen and oxygen atoms in total. The fraction of sp³-hybridized carbons (Fsp3) is 0.364. The highest BCUT2D eigenvalue weighted by molar-refractivity contribution is 6.31. The lowest BCUT2D eigenvalue weighted by Gasteiger charge is -2.07. The Morgan fingerprint density at radius 3 is 3.00 bits per heavy atom. The lowest BCUT2D eigenvalue weighted by molar-refractivity contribution is 0.0595. The quantitative estimate of drug-likeness (QED) is 0.690.